The summed E-state index contributed by atoms with van der Waals surface area (Å²) in [4.78, 5) is 26.2. The number of aromatic nitrogens is 2. The highest BCUT2D eigenvalue weighted by Gasteiger charge is 2.35. The predicted molar refractivity (Wildman–Crippen MR) is 91.6 cm³/mol. The molecule has 25 heavy (non-hydrogen) atoms. The van der Waals surface area contributed by atoms with E-state index in [1.165, 1.54) is 17.0 Å². The molecule has 0 radical (unpaired) electrons. The molecule has 0 unspecified atom stereocenters. The van der Waals surface area contributed by atoms with Crippen LogP contribution in [0.5, 0.6) is 0 Å². The second-order valence-electron chi connectivity index (χ2n) is 6.04. The third-order valence-corrected chi connectivity index (χ3v) is 4.34. The highest BCUT2D eigenvalue weighted by Crippen LogP contribution is 2.26. The van der Waals surface area contributed by atoms with Crippen LogP contribution in [-0.2, 0) is 9.59 Å². The van der Waals surface area contributed by atoms with E-state index in [-0.39, 0.29) is 30.6 Å². The number of carbonyl (C=O) groups excluding carboxylic acids is 2. The third kappa shape index (κ3) is 2.96. The van der Waals surface area contributed by atoms with Crippen molar-refractivity contribution in [2.24, 2.45) is 5.92 Å². The zero-order valence-electron chi connectivity index (χ0n) is 13.2. The molecule has 6 nitrogen and oxygen atoms in total. The Morgan fingerprint density at radius 1 is 1.24 bits per heavy atom. The second-order valence-corrected chi connectivity index (χ2v) is 6.04. The van der Waals surface area contributed by atoms with Crippen LogP contribution in [0.3, 0.4) is 0 Å². The predicted octanol–water partition coefficient (Wildman–Crippen LogP) is 2.69. The van der Waals surface area contributed by atoms with E-state index in [9.17, 15) is 14.0 Å². The van der Waals surface area contributed by atoms with Crippen molar-refractivity contribution in [1.29, 1.82) is 0 Å². The molecule has 1 fully saturated rings. The van der Waals surface area contributed by atoms with Crippen LogP contribution in [0, 0.1) is 11.7 Å². The van der Waals surface area contributed by atoms with Crippen LogP contribution >= 0.6 is 0 Å². The fourth-order valence-corrected chi connectivity index (χ4v) is 3.01. The summed E-state index contributed by atoms with van der Waals surface area (Å²) in [6, 6.07) is 11.1. The Hall–Kier alpha value is -3.22. The van der Waals surface area contributed by atoms with Gasteiger partial charge in [0, 0.05) is 29.7 Å². The number of nitrogens with one attached hydrogen (secondary N) is 2. The van der Waals surface area contributed by atoms with Gasteiger partial charge in [-0.3, -0.25) is 14.7 Å². The number of amides is 2. The number of rotatable bonds is 3. The van der Waals surface area contributed by atoms with Gasteiger partial charge in [0.15, 0.2) is 0 Å². The maximum Gasteiger partial charge on any atom is 0.229 e. The Morgan fingerprint density at radius 3 is 2.84 bits per heavy atom. The number of carbonyl (C=O) groups is 2. The average molecular weight is 338 g/mol. The lowest BCUT2D eigenvalue weighted by molar-refractivity contribution is -0.122. The van der Waals surface area contributed by atoms with Gasteiger partial charge < -0.3 is 10.2 Å². The zero-order chi connectivity index (χ0) is 17.4. The van der Waals surface area contributed by atoms with Crippen molar-refractivity contribution in [2.45, 2.75) is 6.42 Å². The smallest absolute Gasteiger partial charge is 0.229 e. The summed E-state index contributed by atoms with van der Waals surface area (Å²) in [7, 11) is 0. The molecule has 2 aromatic carbocycles. The summed E-state index contributed by atoms with van der Waals surface area (Å²) in [5, 5.41) is 10.6. The Bertz CT molecular complexity index is 951. The fraction of sp³-hybridized carbons (Fsp3) is 0.167. The summed E-state index contributed by atoms with van der Waals surface area (Å²) in [5.74, 6) is -1.17. The maximum atomic E-state index is 13.0. The molecule has 0 saturated carbocycles. The van der Waals surface area contributed by atoms with Gasteiger partial charge in [0.1, 0.15) is 5.82 Å². The van der Waals surface area contributed by atoms with E-state index in [1.54, 1.807) is 30.5 Å². The molecule has 3 aromatic rings. The van der Waals surface area contributed by atoms with Gasteiger partial charge in [-0.05, 0) is 42.5 Å². The molecule has 7 heteroatoms. The minimum absolute atomic E-state index is 0.134. The van der Waals surface area contributed by atoms with Crippen LogP contribution in [0.2, 0.25) is 0 Å². The lowest BCUT2D eigenvalue weighted by atomic mass is 10.1. The van der Waals surface area contributed by atoms with Crippen LogP contribution in [-0.4, -0.2) is 28.6 Å². The maximum absolute atomic E-state index is 13.0. The van der Waals surface area contributed by atoms with Gasteiger partial charge in [-0.15, -0.1) is 0 Å². The molecule has 1 aliphatic rings. The van der Waals surface area contributed by atoms with E-state index in [0.717, 1.165) is 10.9 Å². The SMILES string of the molecule is O=C(Nc1ccc2cn[nH]c2c1)[C@H]1CC(=O)N(c2ccc(F)cc2)C1. The quantitative estimate of drug-likeness (QED) is 0.771. The van der Waals surface area contributed by atoms with Crippen molar-refractivity contribution in [3.05, 3.63) is 54.5 Å². The number of nitrogens with zero attached hydrogens (tertiary/aromatic N) is 2. The minimum Gasteiger partial charge on any atom is -0.326 e. The largest absolute Gasteiger partial charge is 0.326 e. The molecular formula is C18H15FN4O2. The van der Waals surface area contributed by atoms with E-state index in [0.29, 0.717) is 11.4 Å². The molecule has 4 rings (SSSR count). The lowest BCUT2D eigenvalue weighted by Gasteiger charge is -2.16. The summed E-state index contributed by atoms with van der Waals surface area (Å²) in [6.45, 7) is 0.280. The van der Waals surface area contributed by atoms with Crippen LogP contribution in [0.15, 0.2) is 48.7 Å². The molecule has 2 amide bonds. The first kappa shape index (κ1) is 15.3. The third-order valence-electron chi connectivity index (χ3n) is 4.34. The molecule has 1 saturated heterocycles. The molecule has 126 valence electrons. The van der Waals surface area contributed by atoms with Crippen LogP contribution < -0.4 is 10.2 Å². The molecule has 0 bridgehead atoms. The monoisotopic (exact) mass is 338 g/mol. The number of hydrogen-bond donors (Lipinski definition) is 2. The van der Waals surface area contributed by atoms with E-state index >= 15 is 0 Å². The van der Waals surface area contributed by atoms with Gasteiger partial charge in [0.05, 0.1) is 17.6 Å². The normalized spacial score (nSPS) is 17.2. The first-order valence-electron chi connectivity index (χ1n) is 7.90. The summed E-state index contributed by atoms with van der Waals surface area (Å²) in [5.41, 5.74) is 2.07. The van der Waals surface area contributed by atoms with Crippen molar-refractivity contribution < 1.29 is 14.0 Å². The Morgan fingerprint density at radius 2 is 2.04 bits per heavy atom. The van der Waals surface area contributed by atoms with Gasteiger partial charge in [-0.2, -0.15) is 5.10 Å². The standard InChI is InChI=1S/C18H15FN4O2/c19-13-2-5-15(6-3-13)23-10-12(7-17(23)24)18(25)21-14-4-1-11-9-20-22-16(11)8-14/h1-6,8-9,12H,7,10H2,(H,20,22)(H,21,25)/t12-/m0/s1. The topological polar surface area (TPSA) is 78.1 Å². The van der Waals surface area contributed by atoms with E-state index in [4.69, 9.17) is 0 Å². The molecule has 1 aliphatic heterocycles. The number of hydrogen-bond acceptors (Lipinski definition) is 3. The molecule has 1 atom stereocenters. The van der Waals surface area contributed by atoms with Crippen LogP contribution in [0.1, 0.15) is 6.42 Å². The highest BCUT2D eigenvalue weighted by atomic mass is 19.1. The average Bonchev–Trinajstić information content (AvgIpc) is 3.22. The van der Waals surface area contributed by atoms with Crippen molar-refractivity contribution in [3.8, 4) is 0 Å². The first-order chi connectivity index (χ1) is 12.1. The molecule has 0 spiro atoms. The highest BCUT2D eigenvalue weighted by molar-refractivity contribution is 6.04. The van der Waals surface area contributed by atoms with Crippen LogP contribution in [0.25, 0.3) is 10.9 Å². The fourth-order valence-electron chi connectivity index (χ4n) is 3.01. The summed E-state index contributed by atoms with van der Waals surface area (Å²) < 4.78 is 13.0. The zero-order valence-corrected chi connectivity index (χ0v) is 13.2. The Kier molecular flexibility index (Phi) is 3.68. The molecule has 0 aliphatic carbocycles. The summed E-state index contributed by atoms with van der Waals surface area (Å²) >= 11 is 0. The Labute approximate surface area is 142 Å². The van der Waals surface area contributed by atoms with Crippen molar-refractivity contribution in [3.63, 3.8) is 0 Å². The second kappa shape index (κ2) is 6.01. The lowest BCUT2D eigenvalue weighted by Crippen LogP contribution is -2.28. The van der Waals surface area contributed by atoms with Gasteiger partial charge >= 0.3 is 0 Å². The summed E-state index contributed by atoms with van der Waals surface area (Å²) in [6.07, 6.45) is 1.84. The number of aromatic amines is 1. The van der Waals surface area contributed by atoms with Crippen molar-refractivity contribution >= 4 is 34.1 Å². The van der Waals surface area contributed by atoms with Gasteiger partial charge in [0.25, 0.3) is 0 Å². The molecule has 1 aromatic heterocycles. The number of fused-ring (bicyclic) bond motifs is 1. The minimum atomic E-state index is -0.449. The number of H-pyrrole nitrogens is 1. The number of anilines is 2. The molecule has 2 N–H and O–H groups in total. The van der Waals surface area contributed by atoms with E-state index in [1.807, 2.05) is 6.07 Å². The Balaban J connectivity index is 1.47. The number of halogens is 1. The van der Waals surface area contributed by atoms with E-state index in [2.05, 4.69) is 15.5 Å². The van der Waals surface area contributed by atoms with Gasteiger partial charge in [-0.1, -0.05) is 0 Å². The van der Waals surface area contributed by atoms with E-state index < -0.39 is 5.92 Å². The van der Waals surface area contributed by atoms with Gasteiger partial charge in [-0.25, -0.2) is 4.39 Å². The van der Waals surface area contributed by atoms with Crippen molar-refractivity contribution in [1.82, 2.24) is 10.2 Å². The van der Waals surface area contributed by atoms with Gasteiger partial charge in [0.2, 0.25) is 11.8 Å². The molecular weight excluding hydrogens is 323 g/mol. The van der Waals surface area contributed by atoms with Crippen molar-refractivity contribution in [2.75, 3.05) is 16.8 Å². The number of benzene rings is 2. The van der Waals surface area contributed by atoms with Crippen LogP contribution in [0.4, 0.5) is 15.8 Å². The molecule has 2 heterocycles. The first-order valence-corrected chi connectivity index (χ1v) is 7.90.